The van der Waals surface area contributed by atoms with Gasteiger partial charge in [0.15, 0.2) is 16.6 Å². The average molecular weight is 418 g/mol. The van der Waals surface area contributed by atoms with E-state index in [2.05, 4.69) is 15.8 Å². The van der Waals surface area contributed by atoms with E-state index in [1.807, 2.05) is 5.38 Å². The van der Waals surface area contributed by atoms with Crippen molar-refractivity contribution in [1.82, 2.24) is 10.7 Å². The van der Waals surface area contributed by atoms with Crippen molar-refractivity contribution in [3.63, 3.8) is 0 Å². The van der Waals surface area contributed by atoms with Gasteiger partial charge in [-0.05, 0) is 60.3 Å². The summed E-state index contributed by atoms with van der Waals surface area (Å²) in [5.74, 6) is 0.410. The van der Waals surface area contributed by atoms with Crippen LogP contribution in [0.3, 0.4) is 0 Å². The molecule has 1 aromatic carbocycles. The van der Waals surface area contributed by atoms with Gasteiger partial charge in [-0.3, -0.25) is 5.43 Å². The molecule has 2 N–H and O–H groups in total. The van der Waals surface area contributed by atoms with Gasteiger partial charge >= 0.3 is 5.97 Å². The molecule has 2 aromatic rings. The van der Waals surface area contributed by atoms with E-state index >= 15 is 0 Å². The van der Waals surface area contributed by atoms with Crippen LogP contribution in [0.5, 0.6) is 11.5 Å². The molecule has 1 heterocycles. The van der Waals surface area contributed by atoms with Crippen molar-refractivity contribution < 1.29 is 14.3 Å². The van der Waals surface area contributed by atoms with Crippen LogP contribution in [0.25, 0.3) is 0 Å². The van der Waals surface area contributed by atoms with Crippen LogP contribution >= 0.6 is 23.6 Å². The molecule has 1 aliphatic rings. The van der Waals surface area contributed by atoms with E-state index in [9.17, 15) is 4.79 Å². The maximum absolute atomic E-state index is 12.1. The third-order valence-corrected chi connectivity index (χ3v) is 5.49. The lowest BCUT2D eigenvalue weighted by Crippen LogP contribution is -2.40. The fourth-order valence-corrected chi connectivity index (χ4v) is 3.84. The Kier molecular flexibility index (Phi) is 7.39. The first kappa shape index (κ1) is 20.3. The fraction of sp³-hybridized carbons (Fsp3) is 0.350. The maximum Gasteiger partial charge on any atom is 0.353 e. The lowest BCUT2D eigenvalue weighted by Gasteiger charge is -2.23. The number of nitrogens with zero attached hydrogens (tertiary/aromatic N) is 1. The number of esters is 1. The molecule has 3 rings (SSSR count). The summed E-state index contributed by atoms with van der Waals surface area (Å²) in [6, 6.07) is 9.18. The zero-order chi connectivity index (χ0) is 19.8. The molecule has 0 spiro atoms. The van der Waals surface area contributed by atoms with E-state index in [4.69, 9.17) is 21.7 Å². The predicted molar refractivity (Wildman–Crippen MR) is 116 cm³/mol. The van der Waals surface area contributed by atoms with Crippen molar-refractivity contribution in [2.45, 2.75) is 38.1 Å². The molecule has 0 unspecified atom stereocenters. The second-order valence-electron chi connectivity index (χ2n) is 6.46. The highest BCUT2D eigenvalue weighted by molar-refractivity contribution is 7.80. The highest BCUT2D eigenvalue weighted by Gasteiger charge is 2.14. The van der Waals surface area contributed by atoms with Gasteiger partial charge in [-0.1, -0.05) is 25.3 Å². The number of hydrogen-bond donors (Lipinski definition) is 2. The molecule has 1 fully saturated rings. The Bertz CT molecular complexity index is 831. The molecule has 1 aliphatic carbocycles. The number of methoxy groups -OCH3 is 1. The lowest BCUT2D eigenvalue weighted by atomic mass is 9.96. The number of carbonyl (C=O) groups is 1. The van der Waals surface area contributed by atoms with Gasteiger partial charge in [0, 0.05) is 6.04 Å². The first-order valence-corrected chi connectivity index (χ1v) is 10.5. The van der Waals surface area contributed by atoms with E-state index in [-0.39, 0.29) is 0 Å². The SMILES string of the molecule is COc1cc(/C=N/NC(=S)NC2CCCCC2)ccc1OC(=O)c1cccs1. The molecule has 0 radical (unpaired) electrons. The van der Waals surface area contributed by atoms with E-state index in [1.54, 1.807) is 36.5 Å². The lowest BCUT2D eigenvalue weighted by molar-refractivity contribution is 0.0735. The molecule has 1 aromatic heterocycles. The van der Waals surface area contributed by atoms with Crippen molar-refractivity contribution >= 4 is 40.9 Å². The van der Waals surface area contributed by atoms with Gasteiger partial charge in [-0.2, -0.15) is 5.10 Å². The number of hydrogen-bond acceptors (Lipinski definition) is 6. The largest absolute Gasteiger partial charge is 0.493 e. The molecule has 0 bridgehead atoms. The van der Waals surface area contributed by atoms with Crippen LogP contribution < -0.4 is 20.2 Å². The van der Waals surface area contributed by atoms with Gasteiger partial charge < -0.3 is 14.8 Å². The second kappa shape index (κ2) is 10.2. The first-order chi connectivity index (χ1) is 13.7. The van der Waals surface area contributed by atoms with E-state index in [0.717, 1.165) is 18.4 Å². The molecule has 0 atom stereocenters. The Balaban J connectivity index is 1.56. The second-order valence-corrected chi connectivity index (χ2v) is 7.81. The third kappa shape index (κ3) is 5.77. The minimum Gasteiger partial charge on any atom is -0.493 e. The predicted octanol–water partition coefficient (Wildman–Crippen LogP) is 4.11. The molecule has 8 heteroatoms. The Morgan fingerprint density at radius 2 is 2.07 bits per heavy atom. The minimum absolute atomic E-state index is 0.362. The minimum atomic E-state index is -0.407. The van der Waals surface area contributed by atoms with Crippen LogP contribution in [-0.2, 0) is 0 Å². The summed E-state index contributed by atoms with van der Waals surface area (Å²) in [5, 5.41) is 9.82. The normalized spacial score (nSPS) is 14.6. The highest BCUT2D eigenvalue weighted by atomic mass is 32.1. The molecule has 1 saturated carbocycles. The van der Waals surface area contributed by atoms with Crippen LogP contribution in [0.4, 0.5) is 0 Å². The van der Waals surface area contributed by atoms with Crippen LogP contribution in [0, 0.1) is 0 Å². The smallest absolute Gasteiger partial charge is 0.353 e. The number of benzene rings is 1. The Labute approximate surface area is 173 Å². The number of thiophene rings is 1. The quantitative estimate of drug-likeness (QED) is 0.242. The molecule has 0 amide bonds. The van der Waals surface area contributed by atoms with Crippen molar-refractivity contribution in [3.8, 4) is 11.5 Å². The zero-order valence-electron chi connectivity index (χ0n) is 15.6. The third-order valence-electron chi connectivity index (χ3n) is 4.43. The zero-order valence-corrected chi connectivity index (χ0v) is 17.3. The van der Waals surface area contributed by atoms with Gasteiger partial charge in [-0.25, -0.2) is 4.79 Å². The van der Waals surface area contributed by atoms with Gasteiger partial charge in [0.1, 0.15) is 4.88 Å². The van der Waals surface area contributed by atoms with Gasteiger partial charge in [-0.15, -0.1) is 11.3 Å². The van der Waals surface area contributed by atoms with Crippen molar-refractivity contribution in [3.05, 3.63) is 46.2 Å². The number of carbonyl (C=O) groups excluding carboxylic acids is 1. The average Bonchev–Trinajstić information content (AvgIpc) is 3.25. The molecule has 0 saturated heterocycles. The van der Waals surface area contributed by atoms with E-state index in [0.29, 0.717) is 27.5 Å². The summed E-state index contributed by atoms with van der Waals surface area (Å²) in [6.45, 7) is 0. The van der Waals surface area contributed by atoms with E-state index < -0.39 is 5.97 Å². The summed E-state index contributed by atoms with van der Waals surface area (Å²) in [6.07, 6.45) is 7.72. The number of hydrazone groups is 1. The topological polar surface area (TPSA) is 71.9 Å². The molecule has 28 heavy (non-hydrogen) atoms. The van der Waals surface area contributed by atoms with Crippen LogP contribution in [0.1, 0.15) is 47.3 Å². The number of nitrogens with one attached hydrogen (secondary N) is 2. The number of ether oxygens (including phenoxy) is 2. The van der Waals surface area contributed by atoms with Crippen molar-refractivity contribution in [2.24, 2.45) is 5.10 Å². The molecule has 148 valence electrons. The first-order valence-electron chi connectivity index (χ1n) is 9.19. The maximum atomic E-state index is 12.1. The molecule has 6 nitrogen and oxygen atoms in total. The molecule has 0 aliphatic heterocycles. The van der Waals surface area contributed by atoms with Gasteiger partial charge in [0.2, 0.25) is 0 Å². The van der Waals surface area contributed by atoms with E-state index in [1.165, 1.54) is 37.7 Å². The van der Waals surface area contributed by atoms with Crippen LogP contribution in [-0.4, -0.2) is 30.4 Å². The highest BCUT2D eigenvalue weighted by Crippen LogP contribution is 2.28. The summed E-state index contributed by atoms with van der Waals surface area (Å²) in [7, 11) is 1.53. The van der Waals surface area contributed by atoms with Crippen LogP contribution in [0.15, 0.2) is 40.8 Å². The summed E-state index contributed by atoms with van der Waals surface area (Å²) in [5.41, 5.74) is 3.64. The number of thiocarbonyl (C=S) groups is 1. The summed E-state index contributed by atoms with van der Waals surface area (Å²) < 4.78 is 10.8. The fourth-order valence-electron chi connectivity index (χ4n) is 3.02. The number of rotatable bonds is 6. The van der Waals surface area contributed by atoms with Gasteiger partial charge in [0.05, 0.1) is 13.3 Å². The van der Waals surface area contributed by atoms with Crippen molar-refractivity contribution in [2.75, 3.05) is 7.11 Å². The Hall–Kier alpha value is -2.45. The Morgan fingerprint density at radius 3 is 2.79 bits per heavy atom. The Morgan fingerprint density at radius 1 is 1.25 bits per heavy atom. The van der Waals surface area contributed by atoms with Crippen molar-refractivity contribution in [1.29, 1.82) is 0 Å². The standard InChI is InChI=1S/C20H23N3O3S2/c1-25-17-12-14(9-10-16(17)26-19(24)18-8-5-11-28-18)13-21-23-20(27)22-15-6-3-2-4-7-15/h5,8-13,15H,2-4,6-7H2,1H3,(H2,22,23,27)/b21-13+. The summed E-state index contributed by atoms with van der Waals surface area (Å²) in [4.78, 5) is 12.7. The monoisotopic (exact) mass is 417 g/mol. The summed E-state index contributed by atoms with van der Waals surface area (Å²) >= 11 is 6.62. The van der Waals surface area contributed by atoms with Gasteiger partial charge in [0.25, 0.3) is 0 Å². The van der Waals surface area contributed by atoms with Crippen LogP contribution in [0.2, 0.25) is 0 Å². The molecular weight excluding hydrogens is 394 g/mol. The molecular formula is C20H23N3O3S2.